The molecule has 132 valence electrons. The van der Waals surface area contributed by atoms with E-state index in [-0.39, 0.29) is 0 Å². The van der Waals surface area contributed by atoms with E-state index in [1.54, 1.807) is 18.5 Å². The highest BCUT2D eigenvalue weighted by molar-refractivity contribution is 8.01. The number of hydrogen-bond donors (Lipinski definition) is 0. The first-order valence-electron chi connectivity index (χ1n) is 7.40. The van der Waals surface area contributed by atoms with Gasteiger partial charge in [-0.05, 0) is 19.1 Å². The summed E-state index contributed by atoms with van der Waals surface area (Å²) in [6.07, 6.45) is 5.27. The number of aromatic nitrogens is 5. The summed E-state index contributed by atoms with van der Waals surface area (Å²) in [6.45, 7) is 1.92. The normalized spacial score (nSPS) is 11.2. The van der Waals surface area contributed by atoms with Crippen molar-refractivity contribution in [1.29, 1.82) is 0 Å². The van der Waals surface area contributed by atoms with Crippen LogP contribution in [0.1, 0.15) is 5.69 Å². The average Bonchev–Trinajstić information content (AvgIpc) is 3.15. The summed E-state index contributed by atoms with van der Waals surface area (Å²) in [5, 5.41) is 0.582. The van der Waals surface area contributed by atoms with Gasteiger partial charge in [-0.25, -0.2) is 19.9 Å². The molecule has 6 nitrogen and oxygen atoms in total. The van der Waals surface area contributed by atoms with Crippen LogP contribution in [0.15, 0.2) is 40.0 Å². The second kappa shape index (κ2) is 7.03. The van der Waals surface area contributed by atoms with Gasteiger partial charge in [-0.1, -0.05) is 46.3 Å². The Morgan fingerprint density at radius 2 is 1.96 bits per heavy atom. The number of ether oxygens (including phenoxy) is 1. The monoisotopic (exact) mass is 423 g/mol. The van der Waals surface area contributed by atoms with E-state index in [1.807, 2.05) is 23.6 Å². The Balaban J connectivity index is 1.73. The number of hydrogen-bond acceptors (Lipinski definition) is 7. The minimum absolute atomic E-state index is 0.324. The molecule has 0 N–H and O–H groups in total. The largest absolute Gasteiger partial charge is 0.467 e. The molecule has 0 fully saturated rings. The summed E-state index contributed by atoms with van der Waals surface area (Å²) in [5.41, 5.74) is 3.01. The Kier molecular flexibility index (Phi) is 4.74. The second-order valence-corrected chi connectivity index (χ2v) is 8.53. The topological polar surface area (TPSA) is 65.2 Å². The SMILES string of the molecule is COc1ncc(Sc2nc(-c3c(C)nc4c(Cl)cccn34)c(Cl)s2)cn1. The molecule has 0 spiro atoms. The molecule has 26 heavy (non-hydrogen) atoms. The predicted octanol–water partition coefficient (Wildman–Crippen LogP) is 5.02. The van der Waals surface area contributed by atoms with Crippen LogP contribution < -0.4 is 4.74 Å². The molecule has 0 aromatic carbocycles. The molecule has 10 heteroatoms. The molecular weight excluding hydrogens is 413 g/mol. The lowest BCUT2D eigenvalue weighted by atomic mass is 10.3. The van der Waals surface area contributed by atoms with E-state index in [0.29, 0.717) is 26.7 Å². The number of imidazole rings is 1. The summed E-state index contributed by atoms with van der Waals surface area (Å²) in [6, 6.07) is 4.00. The van der Waals surface area contributed by atoms with Crippen molar-refractivity contribution in [3.63, 3.8) is 0 Å². The quantitative estimate of drug-likeness (QED) is 0.458. The maximum absolute atomic E-state index is 6.48. The lowest BCUT2D eigenvalue weighted by molar-refractivity contribution is 0.378. The molecule has 0 unspecified atom stereocenters. The Morgan fingerprint density at radius 1 is 1.19 bits per heavy atom. The molecular formula is C16H11Cl2N5OS2. The molecule has 0 aliphatic heterocycles. The van der Waals surface area contributed by atoms with Crippen molar-refractivity contribution in [2.75, 3.05) is 7.11 Å². The minimum atomic E-state index is 0.324. The third-order valence-corrected chi connectivity index (χ3v) is 6.12. The number of aryl methyl sites for hydroxylation is 1. The molecule has 0 aliphatic carbocycles. The zero-order valence-electron chi connectivity index (χ0n) is 13.6. The van der Waals surface area contributed by atoms with Gasteiger partial charge in [0.15, 0.2) is 9.99 Å². The van der Waals surface area contributed by atoms with E-state index in [0.717, 1.165) is 20.6 Å². The van der Waals surface area contributed by atoms with Crippen LogP contribution in [-0.2, 0) is 0 Å². The van der Waals surface area contributed by atoms with Gasteiger partial charge in [0.25, 0.3) is 0 Å². The molecule has 0 atom stereocenters. The predicted molar refractivity (Wildman–Crippen MR) is 104 cm³/mol. The first-order chi connectivity index (χ1) is 12.6. The fraction of sp³-hybridized carbons (Fsp3) is 0.125. The summed E-state index contributed by atoms with van der Waals surface area (Å²) >= 11 is 15.6. The molecule has 4 rings (SSSR count). The van der Waals surface area contributed by atoms with Crippen molar-refractivity contribution in [2.24, 2.45) is 0 Å². The number of nitrogens with zero attached hydrogens (tertiary/aromatic N) is 5. The first kappa shape index (κ1) is 17.5. The molecule has 0 saturated heterocycles. The number of thiazole rings is 1. The van der Waals surface area contributed by atoms with E-state index < -0.39 is 0 Å². The van der Waals surface area contributed by atoms with Gasteiger partial charge in [0.1, 0.15) is 10.0 Å². The van der Waals surface area contributed by atoms with Gasteiger partial charge < -0.3 is 4.74 Å². The maximum Gasteiger partial charge on any atom is 0.316 e. The fourth-order valence-corrected chi connectivity index (χ4v) is 4.95. The third kappa shape index (κ3) is 3.14. The van der Waals surface area contributed by atoms with Crippen LogP contribution in [0.4, 0.5) is 0 Å². The third-order valence-electron chi connectivity index (χ3n) is 3.56. The van der Waals surface area contributed by atoms with Crippen LogP contribution in [-0.4, -0.2) is 31.4 Å². The number of pyridine rings is 1. The van der Waals surface area contributed by atoms with Gasteiger partial charge in [-0.3, -0.25) is 4.40 Å². The first-order valence-corrected chi connectivity index (χ1v) is 9.79. The van der Waals surface area contributed by atoms with Crippen LogP contribution in [0, 0.1) is 6.92 Å². The van der Waals surface area contributed by atoms with Crippen molar-refractivity contribution in [3.8, 4) is 17.4 Å². The lowest BCUT2D eigenvalue weighted by Gasteiger charge is -2.01. The van der Waals surface area contributed by atoms with Crippen molar-refractivity contribution in [3.05, 3.63) is 45.8 Å². The highest BCUT2D eigenvalue weighted by Gasteiger charge is 2.20. The number of fused-ring (bicyclic) bond motifs is 1. The number of halogens is 2. The standard InChI is InChI=1S/C16H11Cl2N5OS2/c1-8-12(23-5-3-4-10(17)14(23)21-8)11-13(18)26-16(22-11)25-9-6-19-15(24-2)20-7-9/h3-7H,1-2H3. The summed E-state index contributed by atoms with van der Waals surface area (Å²) in [7, 11) is 1.53. The van der Waals surface area contributed by atoms with E-state index in [4.69, 9.17) is 27.9 Å². The zero-order chi connectivity index (χ0) is 18.3. The van der Waals surface area contributed by atoms with Gasteiger partial charge in [-0.2, -0.15) is 0 Å². The lowest BCUT2D eigenvalue weighted by Crippen LogP contribution is -1.91. The second-order valence-electron chi connectivity index (χ2n) is 5.21. The maximum atomic E-state index is 6.48. The number of rotatable bonds is 4. The van der Waals surface area contributed by atoms with Crippen molar-refractivity contribution < 1.29 is 4.74 Å². The Labute approximate surface area is 167 Å². The molecule has 0 amide bonds. The van der Waals surface area contributed by atoms with E-state index in [1.165, 1.54) is 30.2 Å². The van der Waals surface area contributed by atoms with E-state index >= 15 is 0 Å². The van der Waals surface area contributed by atoms with E-state index in [9.17, 15) is 0 Å². The van der Waals surface area contributed by atoms with Crippen LogP contribution >= 0.6 is 46.3 Å². The van der Waals surface area contributed by atoms with Crippen molar-refractivity contribution in [2.45, 2.75) is 16.2 Å². The molecule has 0 saturated carbocycles. The molecule has 4 heterocycles. The molecule has 4 aromatic rings. The van der Waals surface area contributed by atoms with Crippen LogP contribution in [0.2, 0.25) is 9.36 Å². The Hall–Kier alpha value is -1.87. The molecule has 0 radical (unpaired) electrons. The summed E-state index contributed by atoms with van der Waals surface area (Å²) in [5.74, 6) is 0. The van der Waals surface area contributed by atoms with Gasteiger partial charge in [-0.15, -0.1) is 0 Å². The molecule has 0 aliphatic rings. The Bertz CT molecular complexity index is 1090. The van der Waals surface area contributed by atoms with Crippen LogP contribution in [0.25, 0.3) is 17.0 Å². The summed E-state index contributed by atoms with van der Waals surface area (Å²) in [4.78, 5) is 18.3. The minimum Gasteiger partial charge on any atom is -0.467 e. The smallest absolute Gasteiger partial charge is 0.316 e. The molecule has 0 bridgehead atoms. The van der Waals surface area contributed by atoms with Gasteiger partial charge in [0, 0.05) is 18.6 Å². The zero-order valence-corrected chi connectivity index (χ0v) is 16.7. The molecule has 4 aromatic heterocycles. The van der Waals surface area contributed by atoms with Gasteiger partial charge in [0.2, 0.25) is 0 Å². The van der Waals surface area contributed by atoms with Gasteiger partial charge >= 0.3 is 6.01 Å². The van der Waals surface area contributed by atoms with Gasteiger partial charge in [0.05, 0.1) is 28.4 Å². The summed E-state index contributed by atoms with van der Waals surface area (Å²) < 4.78 is 8.25. The fourth-order valence-electron chi connectivity index (χ4n) is 2.47. The Morgan fingerprint density at radius 3 is 2.69 bits per heavy atom. The number of methoxy groups -OCH3 is 1. The van der Waals surface area contributed by atoms with E-state index in [2.05, 4.69) is 19.9 Å². The highest BCUT2D eigenvalue weighted by Crippen LogP contribution is 2.40. The van der Waals surface area contributed by atoms with Crippen molar-refractivity contribution >= 4 is 51.9 Å². The van der Waals surface area contributed by atoms with Crippen molar-refractivity contribution in [1.82, 2.24) is 24.3 Å². The highest BCUT2D eigenvalue weighted by atomic mass is 35.5. The average molecular weight is 424 g/mol. The van der Waals surface area contributed by atoms with Crippen LogP contribution in [0.3, 0.4) is 0 Å². The van der Waals surface area contributed by atoms with Crippen LogP contribution in [0.5, 0.6) is 6.01 Å².